The van der Waals surface area contributed by atoms with Crippen molar-refractivity contribution in [3.8, 4) is 0 Å². The highest BCUT2D eigenvalue weighted by Crippen LogP contribution is 2.20. The molecule has 1 unspecified atom stereocenters. The van der Waals surface area contributed by atoms with E-state index in [1.54, 1.807) is 45.0 Å². The van der Waals surface area contributed by atoms with Crippen LogP contribution in [0.1, 0.15) is 18.6 Å². The van der Waals surface area contributed by atoms with Crippen LogP contribution >= 0.6 is 11.8 Å². The summed E-state index contributed by atoms with van der Waals surface area (Å²) in [6.45, 7) is 5.23. The Kier molecular flexibility index (Phi) is 5.27. The Labute approximate surface area is 153 Å². The van der Waals surface area contributed by atoms with Gasteiger partial charge in [0, 0.05) is 18.7 Å². The fourth-order valence-electron chi connectivity index (χ4n) is 2.25. The number of nitrogens with zero attached hydrogens (tertiary/aromatic N) is 2. The molecule has 0 fully saturated rings. The van der Waals surface area contributed by atoms with E-state index in [-0.39, 0.29) is 17.6 Å². The molecule has 3 aromatic rings. The Morgan fingerprint density at radius 2 is 2.04 bits per heavy atom. The topological polar surface area (TPSA) is 110 Å². The predicted molar refractivity (Wildman–Crippen MR) is 99.2 cm³/mol. The summed E-state index contributed by atoms with van der Waals surface area (Å²) in [5.74, 6) is 1.24. The number of amides is 2. The van der Waals surface area contributed by atoms with Gasteiger partial charge in [0.1, 0.15) is 11.3 Å². The number of rotatable bonds is 6. The standard InChI is InChI=1S/C17H18N4O4S/c1-9-6-15(21-25-9)20-17(23)10(2)26-8-16(22)19-12-4-5-14-13(7-12)18-11(3)24-14/h4-7,10H,8H2,1-3H3,(H,19,22)(H,20,21,23). The summed E-state index contributed by atoms with van der Waals surface area (Å²) >= 11 is 1.23. The van der Waals surface area contributed by atoms with E-state index in [1.165, 1.54) is 11.8 Å². The molecule has 0 bridgehead atoms. The molecule has 0 spiro atoms. The Morgan fingerprint density at radius 1 is 1.23 bits per heavy atom. The second kappa shape index (κ2) is 7.61. The Bertz CT molecular complexity index is 949. The van der Waals surface area contributed by atoms with E-state index in [0.29, 0.717) is 34.3 Å². The molecule has 0 aliphatic rings. The van der Waals surface area contributed by atoms with E-state index in [1.807, 2.05) is 0 Å². The quantitative estimate of drug-likeness (QED) is 0.682. The lowest BCUT2D eigenvalue weighted by atomic mass is 10.3. The van der Waals surface area contributed by atoms with Crippen LogP contribution in [0.3, 0.4) is 0 Å². The second-order valence-corrected chi connectivity index (χ2v) is 7.06. The summed E-state index contributed by atoms with van der Waals surface area (Å²) < 4.78 is 10.3. The first-order chi connectivity index (χ1) is 12.4. The van der Waals surface area contributed by atoms with Crippen LogP contribution in [0.2, 0.25) is 0 Å². The zero-order chi connectivity index (χ0) is 18.7. The summed E-state index contributed by atoms with van der Waals surface area (Å²) in [6, 6.07) is 6.88. The van der Waals surface area contributed by atoms with Crippen molar-refractivity contribution in [1.29, 1.82) is 0 Å². The van der Waals surface area contributed by atoms with E-state index in [9.17, 15) is 9.59 Å². The van der Waals surface area contributed by atoms with Gasteiger partial charge >= 0.3 is 0 Å². The predicted octanol–water partition coefficient (Wildman–Crippen LogP) is 3.13. The number of fused-ring (bicyclic) bond motifs is 1. The average Bonchev–Trinajstić information content (AvgIpc) is 3.16. The van der Waals surface area contributed by atoms with Crippen LogP contribution in [0.25, 0.3) is 11.1 Å². The molecular weight excluding hydrogens is 356 g/mol. The number of aromatic nitrogens is 2. The third kappa shape index (κ3) is 4.42. The van der Waals surface area contributed by atoms with Crippen molar-refractivity contribution >= 4 is 46.2 Å². The van der Waals surface area contributed by atoms with Gasteiger partial charge in [-0.2, -0.15) is 0 Å². The minimum atomic E-state index is -0.418. The molecule has 3 rings (SSSR count). The van der Waals surface area contributed by atoms with Gasteiger partial charge in [-0.05, 0) is 32.0 Å². The van der Waals surface area contributed by atoms with Gasteiger partial charge in [-0.1, -0.05) is 5.16 Å². The molecule has 0 aliphatic heterocycles. The molecular formula is C17H18N4O4S. The van der Waals surface area contributed by atoms with Crippen molar-refractivity contribution < 1.29 is 18.5 Å². The molecule has 1 atom stereocenters. The van der Waals surface area contributed by atoms with Gasteiger partial charge in [0.05, 0.1) is 11.0 Å². The smallest absolute Gasteiger partial charge is 0.238 e. The first-order valence-corrected chi connectivity index (χ1v) is 8.98. The molecule has 26 heavy (non-hydrogen) atoms. The number of aryl methyl sites for hydroxylation is 2. The average molecular weight is 374 g/mol. The molecule has 0 saturated carbocycles. The summed E-state index contributed by atoms with van der Waals surface area (Å²) in [4.78, 5) is 28.4. The van der Waals surface area contributed by atoms with Crippen molar-refractivity contribution in [2.45, 2.75) is 26.0 Å². The number of hydrogen-bond acceptors (Lipinski definition) is 7. The number of anilines is 2. The Balaban J connectivity index is 1.50. The third-order valence-electron chi connectivity index (χ3n) is 3.49. The summed E-state index contributed by atoms with van der Waals surface area (Å²) in [6.07, 6.45) is 0. The van der Waals surface area contributed by atoms with Gasteiger partial charge in [-0.15, -0.1) is 11.8 Å². The van der Waals surface area contributed by atoms with Crippen LogP contribution in [0.4, 0.5) is 11.5 Å². The number of thioether (sulfide) groups is 1. The van der Waals surface area contributed by atoms with Gasteiger partial charge < -0.3 is 19.6 Å². The van der Waals surface area contributed by atoms with Crippen LogP contribution in [0.15, 0.2) is 33.2 Å². The number of carbonyl (C=O) groups excluding carboxylic acids is 2. The second-order valence-electron chi connectivity index (χ2n) is 5.73. The molecule has 0 radical (unpaired) electrons. The zero-order valence-corrected chi connectivity index (χ0v) is 15.3. The van der Waals surface area contributed by atoms with Crippen molar-refractivity contribution in [1.82, 2.24) is 10.1 Å². The van der Waals surface area contributed by atoms with Gasteiger partial charge in [0.15, 0.2) is 17.3 Å². The molecule has 9 heteroatoms. The van der Waals surface area contributed by atoms with Gasteiger partial charge in [0.25, 0.3) is 0 Å². The molecule has 8 nitrogen and oxygen atoms in total. The maximum atomic E-state index is 12.1. The molecule has 2 amide bonds. The van der Waals surface area contributed by atoms with Crippen molar-refractivity contribution in [3.05, 3.63) is 35.9 Å². The number of nitrogens with one attached hydrogen (secondary N) is 2. The van der Waals surface area contributed by atoms with Crippen molar-refractivity contribution in [2.24, 2.45) is 0 Å². The fourth-order valence-corrected chi connectivity index (χ4v) is 2.93. The van der Waals surface area contributed by atoms with E-state index < -0.39 is 5.25 Å². The van der Waals surface area contributed by atoms with Gasteiger partial charge in [-0.25, -0.2) is 4.98 Å². The SMILES string of the molecule is Cc1cc(NC(=O)C(C)SCC(=O)Nc2ccc3oc(C)nc3c2)no1. The van der Waals surface area contributed by atoms with E-state index >= 15 is 0 Å². The number of benzene rings is 1. The first-order valence-electron chi connectivity index (χ1n) is 7.93. The molecule has 2 N–H and O–H groups in total. The lowest BCUT2D eigenvalue weighted by Crippen LogP contribution is -2.25. The molecule has 2 heterocycles. The van der Waals surface area contributed by atoms with Crippen LogP contribution in [-0.2, 0) is 9.59 Å². The third-order valence-corrected chi connectivity index (χ3v) is 4.63. The molecule has 0 aliphatic carbocycles. The minimum Gasteiger partial charge on any atom is -0.441 e. The minimum absolute atomic E-state index is 0.141. The van der Waals surface area contributed by atoms with E-state index in [4.69, 9.17) is 8.94 Å². The van der Waals surface area contributed by atoms with Crippen LogP contribution in [0.5, 0.6) is 0 Å². The maximum Gasteiger partial charge on any atom is 0.238 e. The van der Waals surface area contributed by atoms with Crippen LogP contribution < -0.4 is 10.6 Å². The van der Waals surface area contributed by atoms with Gasteiger partial charge in [-0.3, -0.25) is 9.59 Å². The van der Waals surface area contributed by atoms with Crippen LogP contribution in [0, 0.1) is 13.8 Å². The lowest BCUT2D eigenvalue weighted by Gasteiger charge is -2.10. The van der Waals surface area contributed by atoms with Crippen LogP contribution in [-0.4, -0.2) is 33.0 Å². The normalized spacial score (nSPS) is 12.1. The molecule has 1 aromatic carbocycles. The number of hydrogen-bond donors (Lipinski definition) is 2. The zero-order valence-electron chi connectivity index (χ0n) is 14.5. The lowest BCUT2D eigenvalue weighted by molar-refractivity contribution is -0.115. The largest absolute Gasteiger partial charge is 0.441 e. The molecule has 136 valence electrons. The van der Waals surface area contributed by atoms with Crippen molar-refractivity contribution in [3.63, 3.8) is 0 Å². The monoisotopic (exact) mass is 374 g/mol. The van der Waals surface area contributed by atoms with Crippen molar-refractivity contribution in [2.75, 3.05) is 16.4 Å². The highest BCUT2D eigenvalue weighted by molar-refractivity contribution is 8.01. The molecule has 2 aromatic heterocycles. The van der Waals surface area contributed by atoms with Gasteiger partial charge in [0.2, 0.25) is 11.8 Å². The summed E-state index contributed by atoms with van der Waals surface area (Å²) in [5, 5.41) is 8.72. The first kappa shape index (κ1) is 18.0. The molecule has 0 saturated heterocycles. The van der Waals surface area contributed by atoms with E-state index in [0.717, 1.165) is 0 Å². The number of carbonyl (C=O) groups is 2. The highest BCUT2D eigenvalue weighted by atomic mass is 32.2. The maximum absolute atomic E-state index is 12.1. The number of oxazole rings is 1. The highest BCUT2D eigenvalue weighted by Gasteiger charge is 2.17. The Hall–Kier alpha value is -2.81. The van der Waals surface area contributed by atoms with E-state index in [2.05, 4.69) is 20.8 Å². The summed E-state index contributed by atoms with van der Waals surface area (Å²) in [5.41, 5.74) is 1.98. The Morgan fingerprint density at radius 3 is 2.77 bits per heavy atom. The summed E-state index contributed by atoms with van der Waals surface area (Å²) in [7, 11) is 0. The fraction of sp³-hybridized carbons (Fsp3) is 0.294.